The molecule has 1 aliphatic rings. The highest BCUT2D eigenvalue weighted by Crippen LogP contribution is 2.27. The van der Waals surface area contributed by atoms with E-state index in [0.717, 1.165) is 48.3 Å². The predicted molar refractivity (Wildman–Crippen MR) is 110 cm³/mol. The first-order valence-corrected chi connectivity index (χ1v) is 10.2. The van der Waals surface area contributed by atoms with E-state index in [-0.39, 0.29) is 16.7 Å². The van der Waals surface area contributed by atoms with Crippen LogP contribution in [-0.2, 0) is 10.5 Å². The van der Waals surface area contributed by atoms with Crippen LogP contribution in [0.15, 0.2) is 53.7 Å². The predicted octanol–water partition coefficient (Wildman–Crippen LogP) is 4.42. The summed E-state index contributed by atoms with van der Waals surface area (Å²) in [6.07, 6.45) is 2.38. The number of benzene rings is 2. The van der Waals surface area contributed by atoms with Crippen LogP contribution in [0.2, 0.25) is 0 Å². The van der Waals surface area contributed by atoms with Crippen LogP contribution in [0, 0.1) is 10.1 Å². The molecule has 7 nitrogen and oxygen atoms in total. The van der Waals surface area contributed by atoms with E-state index in [1.165, 1.54) is 17.8 Å². The van der Waals surface area contributed by atoms with Crippen LogP contribution in [-0.4, -0.2) is 34.1 Å². The van der Waals surface area contributed by atoms with Gasteiger partial charge >= 0.3 is 0 Å². The largest absolute Gasteiger partial charge is 0.376 e. The summed E-state index contributed by atoms with van der Waals surface area (Å²) in [6, 6.07) is 14.5. The number of hydrogen-bond acceptors (Lipinski definition) is 7. The summed E-state index contributed by atoms with van der Waals surface area (Å²) < 4.78 is 5.69. The average molecular weight is 396 g/mol. The molecule has 4 rings (SSSR count). The van der Waals surface area contributed by atoms with Crippen molar-refractivity contribution in [3.63, 3.8) is 0 Å². The van der Waals surface area contributed by atoms with Crippen molar-refractivity contribution >= 4 is 34.2 Å². The molecule has 0 bridgehead atoms. The van der Waals surface area contributed by atoms with Gasteiger partial charge in [0.2, 0.25) is 0 Å². The first-order chi connectivity index (χ1) is 13.7. The fraction of sp³-hybridized carbons (Fsp3) is 0.300. The molecule has 1 unspecified atom stereocenters. The lowest BCUT2D eigenvalue weighted by molar-refractivity contribution is -0.384. The Hall–Kier alpha value is -2.71. The number of thioether (sulfide) groups is 1. The van der Waals surface area contributed by atoms with Crippen molar-refractivity contribution in [1.29, 1.82) is 0 Å². The van der Waals surface area contributed by atoms with Gasteiger partial charge in [-0.25, -0.2) is 9.97 Å². The van der Waals surface area contributed by atoms with Crippen LogP contribution < -0.4 is 5.32 Å². The van der Waals surface area contributed by atoms with Crippen LogP contribution in [0.25, 0.3) is 10.9 Å². The number of non-ortho nitro benzene ring substituents is 1. The maximum atomic E-state index is 11.0. The molecule has 8 heteroatoms. The minimum Gasteiger partial charge on any atom is -0.376 e. The Bertz CT molecular complexity index is 992. The molecule has 1 saturated heterocycles. The third-order valence-corrected chi connectivity index (χ3v) is 5.51. The van der Waals surface area contributed by atoms with Gasteiger partial charge in [0.1, 0.15) is 5.82 Å². The molecule has 1 fully saturated rings. The van der Waals surface area contributed by atoms with E-state index in [1.807, 2.05) is 30.3 Å². The first kappa shape index (κ1) is 18.6. The van der Waals surface area contributed by atoms with Gasteiger partial charge in [0.05, 0.1) is 16.5 Å². The summed E-state index contributed by atoms with van der Waals surface area (Å²) in [4.78, 5) is 19.9. The fourth-order valence-electron chi connectivity index (χ4n) is 3.18. The smallest absolute Gasteiger partial charge is 0.269 e. The van der Waals surface area contributed by atoms with Crippen LogP contribution in [0.3, 0.4) is 0 Å². The third-order valence-electron chi connectivity index (χ3n) is 4.59. The maximum absolute atomic E-state index is 11.0. The molecule has 1 N–H and O–H groups in total. The molecule has 0 saturated carbocycles. The van der Waals surface area contributed by atoms with Crippen molar-refractivity contribution in [3.05, 3.63) is 64.2 Å². The number of aromatic nitrogens is 2. The maximum Gasteiger partial charge on any atom is 0.269 e. The van der Waals surface area contributed by atoms with E-state index < -0.39 is 0 Å². The highest BCUT2D eigenvalue weighted by atomic mass is 32.2. The lowest BCUT2D eigenvalue weighted by atomic mass is 10.2. The second-order valence-corrected chi connectivity index (χ2v) is 7.55. The van der Waals surface area contributed by atoms with Crippen molar-refractivity contribution in [1.82, 2.24) is 9.97 Å². The zero-order chi connectivity index (χ0) is 19.3. The summed E-state index contributed by atoms with van der Waals surface area (Å²) in [7, 11) is 0. The molecule has 0 amide bonds. The standard InChI is InChI=1S/C20H20N4O3S/c25-24(26)15-6-3-5-14(11-15)13-28-20-22-18-9-2-1-8-17(18)19(23-20)21-12-16-7-4-10-27-16/h1-3,5-6,8-9,11,16H,4,7,10,12-13H2,(H,21,22,23). The molecule has 2 heterocycles. The Morgan fingerprint density at radius 3 is 2.93 bits per heavy atom. The topological polar surface area (TPSA) is 90.2 Å². The molecule has 1 aromatic heterocycles. The van der Waals surface area contributed by atoms with Crippen molar-refractivity contribution in [2.24, 2.45) is 0 Å². The van der Waals surface area contributed by atoms with Gasteiger partial charge in [0.25, 0.3) is 5.69 Å². The minimum atomic E-state index is -0.381. The number of rotatable bonds is 7. The molecular weight excluding hydrogens is 376 g/mol. The summed E-state index contributed by atoms with van der Waals surface area (Å²) >= 11 is 1.46. The second-order valence-electron chi connectivity index (χ2n) is 6.60. The van der Waals surface area contributed by atoms with Gasteiger partial charge in [-0.15, -0.1) is 0 Å². The van der Waals surface area contributed by atoms with E-state index in [4.69, 9.17) is 4.74 Å². The van der Waals surface area contributed by atoms with Crippen molar-refractivity contribution in [3.8, 4) is 0 Å². The lowest BCUT2D eigenvalue weighted by Gasteiger charge is -2.14. The molecule has 0 radical (unpaired) electrons. The molecule has 0 aliphatic carbocycles. The summed E-state index contributed by atoms with van der Waals surface area (Å²) in [5.41, 5.74) is 1.83. The monoisotopic (exact) mass is 396 g/mol. The summed E-state index contributed by atoms with van der Waals surface area (Å²) in [6.45, 7) is 1.54. The molecule has 1 aliphatic heterocycles. The van der Waals surface area contributed by atoms with E-state index >= 15 is 0 Å². The van der Waals surface area contributed by atoms with Gasteiger partial charge in [-0.3, -0.25) is 10.1 Å². The normalized spacial score (nSPS) is 16.4. The third kappa shape index (κ3) is 4.40. The van der Waals surface area contributed by atoms with Crippen LogP contribution in [0.4, 0.5) is 11.5 Å². The van der Waals surface area contributed by atoms with Crippen molar-refractivity contribution in [2.45, 2.75) is 29.9 Å². The van der Waals surface area contributed by atoms with Crippen LogP contribution in [0.1, 0.15) is 18.4 Å². The van der Waals surface area contributed by atoms with Crippen molar-refractivity contribution in [2.75, 3.05) is 18.5 Å². The summed E-state index contributed by atoms with van der Waals surface area (Å²) in [5.74, 6) is 1.35. The minimum absolute atomic E-state index is 0.0939. The average Bonchev–Trinajstić information content (AvgIpc) is 3.24. The molecule has 3 aromatic rings. The number of anilines is 1. The highest BCUT2D eigenvalue weighted by molar-refractivity contribution is 7.98. The van der Waals surface area contributed by atoms with Crippen LogP contribution in [0.5, 0.6) is 0 Å². The molecule has 1 atom stereocenters. The first-order valence-electron chi connectivity index (χ1n) is 9.17. The quantitative estimate of drug-likeness (QED) is 0.274. The zero-order valence-electron chi connectivity index (χ0n) is 15.2. The number of para-hydroxylation sites is 1. The van der Waals surface area contributed by atoms with E-state index in [0.29, 0.717) is 10.9 Å². The summed E-state index contributed by atoms with van der Waals surface area (Å²) in [5, 5.41) is 16.0. The SMILES string of the molecule is O=[N+]([O-])c1cccc(CSc2nc(NCC3CCCO3)c3ccccc3n2)c1. The van der Waals surface area contributed by atoms with Crippen molar-refractivity contribution < 1.29 is 9.66 Å². The molecule has 0 spiro atoms. The Morgan fingerprint density at radius 2 is 2.11 bits per heavy atom. The van der Waals surface area contributed by atoms with Gasteiger partial charge in [0.15, 0.2) is 5.16 Å². The Labute approximate surface area is 166 Å². The zero-order valence-corrected chi connectivity index (χ0v) is 16.0. The number of nitro benzene ring substituents is 1. The number of nitro groups is 1. The van der Waals surface area contributed by atoms with Gasteiger partial charge in [-0.1, -0.05) is 36.0 Å². The van der Waals surface area contributed by atoms with Gasteiger partial charge < -0.3 is 10.1 Å². The van der Waals surface area contributed by atoms with E-state index in [9.17, 15) is 10.1 Å². The fourth-order valence-corrected chi connectivity index (χ4v) is 3.97. The second kappa shape index (κ2) is 8.53. The number of nitrogens with zero attached hydrogens (tertiary/aromatic N) is 3. The number of ether oxygens (including phenoxy) is 1. The Balaban J connectivity index is 1.53. The number of fused-ring (bicyclic) bond motifs is 1. The molecule has 144 valence electrons. The van der Waals surface area contributed by atoms with Gasteiger partial charge in [-0.2, -0.15) is 0 Å². The number of hydrogen-bond donors (Lipinski definition) is 1. The van der Waals surface area contributed by atoms with Gasteiger partial charge in [-0.05, 0) is 30.5 Å². The Morgan fingerprint density at radius 1 is 1.21 bits per heavy atom. The molecular formula is C20H20N4O3S. The molecule has 2 aromatic carbocycles. The Kier molecular flexibility index (Phi) is 5.68. The van der Waals surface area contributed by atoms with Gasteiger partial charge in [0, 0.05) is 36.4 Å². The van der Waals surface area contributed by atoms with E-state index in [2.05, 4.69) is 15.3 Å². The van der Waals surface area contributed by atoms with Crippen LogP contribution >= 0.6 is 11.8 Å². The number of nitrogens with one attached hydrogen (secondary N) is 1. The van der Waals surface area contributed by atoms with E-state index in [1.54, 1.807) is 12.1 Å². The molecule has 28 heavy (non-hydrogen) atoms. The highest BCUT2D eigenvalue weighted by Gasteiger charge is 2.16. The lowest BCUT2D eigenvalue weighted by Crippen LogP contribution is -2.19.